The molecule has 1 N–H and O–H groups in total. The Morgan fingerprint density at radius 3 is 2.92 bits per heavy atom. The predicted octanol–water partition coefficient (Wildman–Crippen LogP) is 0.252. The number of aldehydes is 1. The molecule has 0 fully saturated rings. The molecular weight excluding hydrogens is 170 g/mol. The summed E-state index contributed by atoms with van der Waals surface area (Å²) in [5.41, 5.74) is -0.514. The van der Waals surface area contributed by atoms with E-state index >= 15 is 0 Å². The van der Waals surface area contributed by atoms with Crippen LogP contribution in [0.5, 0.6) is 0 Å². The highest BCUT2D eigenvalue weighted by atomic mass is 16.3. The molecule has 72 valence electrons. The van der Waals surface area contributed by atoms with Crippen LogP contribution < -0.4 is 0 Å². The Morgan fingerprint density at radius 1 is 1.77 bits per heavy atom. The van der Waals surface area contributed by atoms with Gasteiger partial charge in [0.25, 0.3) is 0 Å². The first kappa shape index (κ1) is 9.85. The van der Waals surface area contributed by atoms with Crippen molar-refractivity contribution in [2.45, 2.75) is 32.4 Å². The number of carbonyl (C=O) groups excluding carboxylic acids is 1. The van der Waals surface area contributed by atoms with Gasteiger partial charge < -0.3 is 5.11 Å². The minimum atomic E-state index is -0.798. The maximum absolute atomic E-state index is 10.3. The van der Waals surface area contributed by atoms with E-state index in [0.29, 0.717) is 19.3 Å². The van der Waals surface area contributed by atoms with Gasteiger partial charge in [-0.2, -0.15) is 0 Å². The number of hydrogen-bond donors (Lipinski definition) is 1. The molecule has 0 saturated heterocycles. The van der Waals surface area contributed by atoms with Gasteiger partial charge in [-0.05, 0) is 13.3 Å². The fourth-order valence-electron chi connectivity index (χ4n) is 0.905. The Morgan fingerprint density at radius 2 is 2.46 bits per heavy atom. The number of hydrogen-bond acceptors (Lipinski definition) is 4. The van der Waals surface area contributed by atoms with Gasteiger partial charge >= 0.3 is 0 Å². The van der Waals surface area contributed by atoms with Crippen molar-refractivity contribution in [1.82, 2.24) is 15.0 Å². The standard InChI is InChI=1S/C8H13N3O2/c1-3-8(2,13)6-11-4-7(5-12)9-10-11/h4-5,13H,3,6H2,1-2H3. The van der Waals surface area contributed by atoms with E-state index in [1.54, 1.807) is 6.92 Å². The van der Waals surface area contributed by atoms with E-state index < -0.39 is 5.60 Å². The van der Waals surface area contributed by atoms with Crippen LogP contribution >= 0.6 is 0 Å². The lowest BCUT2D eigenvalue weighted by Crippen LogP contribution is -2.29. The fraction of sp³-hybridized carbons (Fsp3) is 0.625. The Bertz CT molecular complexity index is 293. The molecular formula is C8H13N3O2. The summed E-state index contributed by atoms with van der Waals surface area (Å²) in [4.78, 5) is 10.3. The van der Waals surface area contributed by atoms with Crippen LogP contribution in [0.3, 0.4) is 0 Å². The second kappa shape index (κ2) is 3.66. The molecule has 0 bridgehead atoms. The Labute approximate surface area is 76.4 Å². The SMILES string of the molecule is CCC(C)(O)Cn1cc(C=O)nn1. The van der Waals surface area contributed by atoms with Crippen molar-refractivity contribution in [2.24, 2.45) is 0 Å². The van der Waals surface area contributed by atoms with Gasteiger partial charge in [0.15, 0.2) is 6.29 Å². The van der Waals surface area contributed by atoms with Crippen LogP contribution in [0.1, 0.15) is 30.8 Å². The Kier molecular flexibility index (Phi) is 2.77. The zero-order chi connectivity index (χ0) is 9.90. The van der Waals surface area contributed by atoms with Crippen LogP contribution in [0.25, 0.3) is 0 Å². The quantitative estimate of drug-likeness (QED) is 0.679. The van der Waals surface area contributed by atoms with E-state index in [9.17, 15) is 9.90 Å². The first-order chi connectivity index (χ1) is 6.07. The van der Waals surface area contributed by atoms with Gasteiger partial charge in [-0.15, -0.1) is 5.10 Å². The van der Waals surface area contributed by atoms with Crippen molar-refractivity contribution >= 4 is 6.29 Å². The molecule has 1 aromatic rings. The third kappa shape index (κ3) is 2.62. The summed E-state index contributed by atoms with van der Waals surface area (Å²) in [6, 6.07) is 0. The number of carbonyl (C=O) groups is 1. The van der Waals surface area contributed by atoms with Crippen LogP contribution in [-0.2, 0) is 6.54 Å². The highest BCUT2D eigenvalue weighted by Gasteiger charge is 2.18. The molecule has 5 nitrogen and oxygen atoms in total. The minimum absolute atomic E-state index is 0.284. The summed E-state index contributed by atoms with van der Waals surface area (Å²) < 4.78 is 1.47. The zero-order valence-electron chi connectivity index (χ0n) is 7.77. The summed E-state index contributed by atoms with van der Waals surface area (Å²) in [5, 5.41) is 17.0. The molecule has 1 heterocycles. The molecule has 0 aliphatic heterocycles. The lowest BCUT2D eigenvalue weighted by atomic mass is 10.0. The van der Waals surface area contributed by atoms with Crippen LogP contribution in [0, 0.1) is 0 Å². The molecule has 0 aromatic carbocycles. The highest BCUT2D eigenvalue weighted by molar-refractivity contribution is 5.70. The minimum Gasteiger partial charge on any atom is -0.388 e. The highest BCUT2D eigenvalue weighted by Crippen LogP contribution is 2.10. The van der Waals surface area contributed by atoms with E-state index in [-0.39, 0.29) is 5.69 Å². The molecule has 0 spiro atoms. The summed E-state index contributed by atoms with van der Waals surface area (Å²) in [5.74, 6) is 0. The van der Waals surface area contributed by atoms with Gasteiger partial charge in [-0.3, -0.25) is 4.79 Å². The van der Waals surface area contributed by atoms with Gasteiger partial charge in [0.1, 0.15) is 5.69 Å². The van der Waals surface area contributed by atoms with Crippen molar-refractivity contribution in [2.75, 3.05) is 0 Å². The van der Waals surface area contributed by atoms with E-state index in [2.05, 4.69) is 10.3 Å². The van der Waals surface area contributed by atoms with E-state index in [0.717, 1.165) is 0 Å². The van der Waals surface area contributed by atoms with Crippen LogP contribution in [-0.4, -0.2) is 32.0 Å². The van der Waals surface area contributed by atoms with Gasteiger partial charge in [0.05, 0.1) is 18.3 Å². The second-order valence-corrected chi connectivity index (χ2v) is 3.31. The molecule has 0 amide bonds. The average Bonchev–Trinajstić information content (AvgIpc) is 2.52. The molecule has 13 heavy (non-hydrogen) atoms. The second-order valence-electron chi connectivity index (χ2n) is 3.31. The molecule has 1 aromatic heterocycles. The maximum Gasteiger partial charge on any atom is 0.171 e. The lowest BCUT2D eigenvalue weighted by Gasteiger charge is -2.20. The van der Waals surface area contributed by atoms with Gasteiger partial charge in [-0.1, -0.05) is 12.1 Å². The van der Waals surface area contributed by atoms with E-state index in [4.69, 9.17) is 0 Å². The van der Waals surface area contributed by atoms with Gasteiger partial charge in [0, 0.05) is 0 Å². The third-order valence-electron chi connectivity index (χ3n) is 1.94. The molecule has 0 aliphatic carbocycles. The predicted molar refractivity (Wildman–Crippen MR) is 46.3 cm³/mol. The summed E-state index contributed by atoms with van der Waals surface area (Å²) >= 11 is 0. The summed E-state index contributed by atoms with van der Waals surface area (Å²) in [6.07, 6.45) is 2.77. The van der Waals surface area contributed by atoms with Crippen LogP contribution in [0.4, 0.5) is 0 Å². The van der Waals surface area contributed by atoms with Crippen molar-refractivity contribution in [3.8, 4) is 0 Å². The first-order valence-electron chi connectivity index (χ1n) is 4.15. The van der Waals surface area contributed by atoms with Crippen molar-refractivity contribution < 1.29 is 9.90 Å². The van der Waals surface area contributed by atoms with Crippen LogP contribution in [0.15, 0.2) is 6.20 Å². The van der Waals surface area contributed by atoms with Crippen molar-refractivity contribution in [3.63, 3.8) is 0 Å². The zero-order valence-corrected chi connectivity index (χ0v) is 7.77. The topological polar surface area (TPSA) is 68.0 Å². The number of rotatable bonds is 4. The monoisotopic (exact) mass is 183 g/mol. The largest absolute Gasteiger partial charge is 0.388 e. The molecule has 1 atom stereocenters. The van der Waals surface area contributed by atoms with Crippen LogP contribution in [0.2, 0.25) is 0 Å². The number of aromatic nitrogens is 3. The first-order valence-corrected chi connectivity index (χ1v) is 4.15. The molecule has 5 heteroatoms. The van der Waals surface area contributed by atoms with Gasteiger partial charge in [-0.25, -0.2) is 4.68 Å². The Balaban J connectivity index is 2.69. The summed E-state index contributed by atoms with van der Waals surface area (Å²) in [7, 11) is 0. The van der Waals surface area contributed by atoms with Crippen molar-refractivity contribution in [1.29, 1.82) is 0 Å². The smallest absolute Gasteiger partial charge is 0.171 e. The number of aliphatic hydroxyl groups is 1. The third-order valence-corrected chi connectivity index (χ3v) is 1.94. The molecule has 0 saturated carbocycles. The normalized spacial score (nSPS) is 15.3. The Hall–Kier alpha value is -1.23. The van der Waals surface area contributed by atoms with E-state index in [1.807, 2.05) is 6.92 Å². The average molecular weight is 183 g/mol. The number of nitrogens with zero attached hydrogens (tertiary/aromatic N) is 3. The van der Waals surface area contributed by atoms with Gasteiger partial charge in [0.2, 0.25) is 0 Å². The molecule has 1 rings (SSSR count). The molecule has 0 aliphatic rings. The molecule has 0 radical (unpaired) electrons. The van der Waals surface area contributed by atoms with Crippen molar-refractivity contribution in [3.05, 3.63) is 11.9 Å². The maximum atomic E-state index is 10.3. The summed E-state index contributed by atoms with van der Waals surface area (Å²) in [6.45, 7) is 3.96. The fourth-order valence-corrected chi connectivity index (χ4v) is 0.905. The van der Waals surface area contributed by atoms with E-state index in [1.165, 1.54) is 10.9 Å². The lowest BCUT2D eigenvalue weighted by molar-refractivity contribution is 0.0339. The molecule has 1 unspecified atom stereocenters.